The second-order valence-electron chi connectivity index (χ2n) is 8.12. The molecule has 164 valence electrons. The van der Waals surface area contributed by atoms with Gasteiger partial charge in [0, 0.05) is 24.0 Å². The number of rotatable bonds is 7. The summed E-state index contributed by atoms with van der Waals surface area (Å²) < 4.78 is 7.26. The molecule has 6 nitrogen and oxygen atoms in total. The van der Waals surface area contributed by atoms with E-state index in [1.807, 2.05) is 79.4 Å². The van der Waals surface area contributed by atoms with Crippen molar-refractivity contribution >= 4 is 11.6 Å². The average Bonchev–Trinajstić information content (AvgIpc) is 3.22. The van der Waals surface area contributed by atoms with Gasteiger partial charge in [-0.15, -0.1) is 0 Å². The van der Waals surface area contributed by atoms with E-state index in [1.54, 1.807) is 17.8 Å². The summed E-state index contributed by atoms with van der Waals surface area (Å²) in [6.07, 6.45) is 2.30. The van der Waals surface area contributed by atoms with Gasteiger partial charge in [0.15, 0.2) is 5.65 Å². The molecule has 0 fully saturated rings. The van der Waals surface area contributed by atoms with Crippen LogP contribution in [-0.2, 0) is 13.0 Å². The maximum atomic E-state index is 13.8. The summed E-state index contributed by atoms with van der Waals surface area (Å²) in [7, 11) is 1.67. The first kappa shape index (κ1) is 21.6. The monoisotopic (exact) mass is 428 g/mol. The largest absolute Gasteiger partial charge is 0.496 e. The summed E-state index contributed by atoms with van der Waals surface area (Å²) in [5, 5.41) is 4.43. The third-order valence-corrected chi connectivity index (χ3v) is 5.70. The standard InChI is InChI=1S/C26H28N4O2/c1-18-14-20(3)30-25(28-18)23(16-27-30)26(31)29(17-21-10-6-5-7-11-21)19(2)15-22-12-8-9-13-24(22)32-4/h5-14,16,19H,15,17H2,1-4H3. The van der Waals surface area contributed by atoms with Crippen molar-refractivity contribution in [2.24, 2.45) is 0 Å². The highest BCUT2D eigenvalue weighted by Gasteiger charge is 2.26. The highest BCUT2D eigenvalue weighted by atomic mass is 16.5. The lowest BCUT2D eigenvalue weighted by Crippen LogP contribution is -2.39. The van der Waals surface area contributed by atoms with Crippen LogP contribution >= 0.6 is 0 Å². The zero-order chi connectivity index (χ0) is 22.7. The number of aryl methyl sites for hydroxylation is 2. The van der Waals surface area contributed by atoms with Crippen LogP contribution in [0.15, 0.2) is 66.9 Å². The topological polar surface area (TPSA) is 59.7 Å². The predicted octanol–water partition coefficient (Wildman–Crippen LogP) is 4.63. The van der Waals surface area contributed by atoms with Crippen molar-refractivity contribution in [1.29, 1.82) is 0 Å². The van der Waals surface area contributed by atoms with E-state index in [4.69, 9.17) is 4.74 Å². The smallest absolute Gasteiger partial charge is 0.259 e. The molecule has 1 amide bonds. The summed E-state index contributed by atoms with van der Waals surface area (Å²) in [5.74, 6) is 0.749. The number of hydrogen-bond acceptors (Lipinski definition) is 4. The van der Waals surface area contributed by atoms with Crippen LogP contribution in [0.5, 0.6) is 5.75 Å². The van der Waals surface area contributed by atoms with E-state index in [0.717, 1.165) is 28.3 Å². The first-order valence-electron chi connectivity index (χ1n) is 10.8. The summed E-state index contributed by atoms with van der Waals surface area (Å²) in [5.41, 5.74) is 5.06. The van der Waals surface area contributed by atoms with Crippen molar-refractivity contribution < 1.29 is 9.53 Å². The molecule has 0 aliphatic carbocycles. The minimum Gasteiger partial charge on any atom is -0.496 e. The van der Waals surface area contributed by atoms with Gasteiger partial charge in [0.25, 0.3) is 5.91 Å². The fourth-order valence-electron chi connectivity index (χ4n) is 4.08. The number of para-hydroxylation sites is 1. The van der Waals surface area contributed by atoms with Gasteiger partial charge in [0.1, 0.15) is 11.3 Å². The minimum absolute atomic E-state index is 0.0696. The molecule has 0 saturated heterocycles. The third-order valence-electron chi connectivity index (χ3n) is 5.70. The number of fused-ring (bicyclic) bond motifs is 1. The average molecular weight is 429 g/mol. The van der Waals surface area contributed by atoms with E-state index >= 15 is 0 Å². The van der Waals surface area contributed by atoms with Gasteiger partial charge in [-0.2, -0.15) is 5.10 Å². The zero-order valence-electron chi connectivity index (χ0n) is 18.9. The van der Waals surface area contributed by atoms with Crippen LogP contribution < -0.4 is 4.74 Å². The molecule has 6 heteroatoms. The van der Waals surface area contributed by atoms with Crippen LogP contribution in [0.3, 0.4) is 0 Å². The van der Waals surface area contributed by atoms with Crippen molar-refractivity contribution in [3.05, 3.63) is 94.9 Å². The normalized spacial score (nSPS) is 12.0. The molecule has 4 aromatic rings. The molecule has 0 aliphatic rings. The van der Waals surface area contributed by atoms with E-state index in [0.29, 0.717) is 24.2 Å². The van der Waals surface area contributed by atoms with Gasteiger partial charge in [-0.1, -0.05) is 48.5 Å². The SMILES string of the molecule is COc1ccccc1CC(C)N(Cc1ccccc1)C(=O)c1cnn2c(C)cc(C)nc12. The quantitative estimate of drug-likeness (QED) is 0.431. The highest BCUT2D eigenvalue weighted by Crippen LogP contribution is 2.24. The second kappa shape index (κ2) is 9.22. The predicted molar refractivity (Wildman–Crippen MR) is 125 cm³/mol. The summed E-state index contributed by atoms with van der Waals surface area (Å²) in [4.78, 5) is 20.3. The van der Waals surface area contributed by atoms with E-state index in [2.05, 4.69) is 17.0 Å². The van der Waals surface area contributed by atoms with Gasteiger partial charge in [0.2, 0.25) is 0 Å². The highest BCUT2D eigenvalue weighted by molar-refractivity contribution is 5.99. The molecule has 0 radical (unpaired) electrons. The maximum Gasteiger partial charge on any atom is 0.259 e. The van der Waals surface area contributed by atoms with Crippen LogP contribution in [-0.4, -0.2) is 38.6 Å². The Hall–Kier alpha value is -3.67. The number of ether oxygens (including phenoxy) is 1. The Balaban J connectivity index is 1.71. The summed E-state index contributed by atoms with van der Waals surface area (Å²) in [6.45, 7) is 6.47. The number of aromatic nitrogens is 3. The molecular formula is C26H28N4O2. The Bertz CT molecular complexity index is 1230. The zero-order valence-corrected chi connectivity index (χ0v) is 18.9. The van der Waals surface area contributed by atoms with Crippen LogP contribution in [0.2, 0.25) is 0 Å². The molecule has 0 N–H and O–H groups in total. The Morgan fingerprint density at radius 1 is 1.09 bits per heavy atom. The van der Waals surface area contributed by atoms with Gasteiger partial charge >= 0.3 is 0 Å². The van der Waals surface area contributed by atoms with Crippen LogP contribution in [0.4, 0.5) is 0 Å². The summed E-state index contributed by atoms with van der Waals surface area (Å²) >= 11 is 0. The fraction of sp³-hybridized carbons (Fsp3) is 0.269. The molecule has 1 unspecified atom stereocenters. The maximum absolute atomic E-state index is 13.8. The molecule has 0 spiro atoms. The minimum atomic E-state index is -0.0799. The number of hydrogen-bond donors (Lipinski definition) is 0. The number of amides is 1. The Labute approximate surface area is 188 Å². The van der Waals surface area contributed by atoms with E-state index in [-0.39, 0.29) is 11.9 Å². The van der Waals surface area contributed by atoms with E-state index in [1.165, 1.54) is 0 Å². The van der Waals surface area contributed by atoms with Crippen LogP contribution in [0, 0.1) is 13.8 Å². The van der Waals surface area contributed by atoms with Crippen molar-refractivity contribution in [2.75, 3.05) is 7.11 Å². The van der Waals surface area contributed by atoms with Gasteiger partial charge < -0.3 is 9.64 Å². The number of nitrogens with zero attached hydrogens (tertiary/aromatic N) is 4. The lowest BCUT2D eigenvalue weighted by Gasteiger charge is -2.30. The van der Waals surface area contributed by atoms with Crippen molar-refractivity contribution in [3.8, 4) is 5.75 Å². The first-order chi connectivity index (χ1) is 15.5. The summed E-state index contributed by atoms with van der Waals surface area (Å²) in [6, 6.07) is 19.9. The molecule has 2 aromatic carbocycles. The van der Waals surface area contributed by atoms with Crippen LogP contribution in [0.1, 0.15) is 39.8 Å². The Morgan fingerprint density at radius 3 is 2.56 bits per heavy atom. The molecule has 32 heavy (non-hydrogen) atoms. The number of methoxy groups -OCH3 is 1. The first-order valence-corrected chi connectivity index (χ1v) is 10.8. The molecule has 0 saturated carbocycles. The van der Waals surface area contributed by atoms with Crippen molar-refractivity contribution in [2.45, 2.75) is 39.8 Å². The van der Waals surface area contributed by atoms with Gasteiger partial charge in [-0.05, 0) is 50.5 Å². The molecule has 2 heterocycles. The molecule has 0 aliphatic heterocycles. The molecule has 1 atom stereocenters. The molecular weight excluding hydrogens is 400 g/mol. The van der Waals surface area contributed by atoms with E-state index < -0.39 is 0 Å². The second-order valence-corrected chi connectivity index (χ2v) is 8.12. The lowest BCUT2D eigenvalue weighted by atomic mass is 10.0. The van der Waals surface area contributed by atoms with Gasteiger partial charge in [-0.25, -0.2) is 9.50 Å². The fourth-order valence-corrected chi connectivity index (χ4v) is 4.08. The molecule has 4 rings (SSSR count). The van der Waals surface area contributed by atoms with Crippen molar-refractivity contribution in [3.63, 3.8) is 0 Å². The lowest BCUT2D eigenvalue weighted by molar-refractivity contribution is 0.0676. The molecule has 2 aromatic heterocycles. The number of benzene rings is 2. The Kier molecular flexibility index (Phi) is 6.21. The van der Waals surface area contributed by atoms with Gasteiger partial charge in [-0.3, -0.25) is 4.79 Å². The third kappa shape index (κ3) is 4.35. The van der Waals surface area contributed by atoms with Crippen LogP contribution in [0.25, 0.3) is 5.65 Å². The van der Waals surface area contributed by atoms with Crippen molar-refractivity contribution in [1.82, 2.24) is 19.5 Å². The van der Waals surface area contributed by atoms with E-state index in [9.17, 15) is 4.79 Å². The number of carbonyl (C=O) groups is 1. The Morgan fingerprint density at radius 2 is 1.81 bits per heavy atom. The van der Waals surface area contributed by atoms with Gasteiger partial charge in [0.05, 0.1) is 13.3 Å². The molecule has 0 bridgehead atoms. The number of carbonyl (C=O) groups excluding carboxylic acids is 1.